The second-order valence-electron chi connectivity index (χ2n) is 18.6. The van der Waals surface area contributed by atoms with Gasteiger partial charge in [-0.1, -0.05) is 0 Å². The van der Waals surface area contributed by atoms with Gasteiger partial charge in [0.2, 0.25) is 0 Å². The Morgan fingerprint density at radius 1 is 0.587 bits per heavy atom. The Balaban J connectivity index is 0. The predicted molar refractivity (Wildman–Crippen MR) is 238 cm³/mol. The number of carbonyl (C=O) groups is 4. The van der Waals surface area contributed by atoms with Crippen LogP contribution in [0.1, 0.15) is 118 Å². The van der Waals surface area contributed by atoms with E-state index in [0.717, 1.165) is 0 Å². The van der Waals surface area contributed by atoms with Crippen LogP contribution in [0, 0.1) is 20.2 Å². The van der Waals surface area contributed by atoms with E-state index in [4.69, 9.17) is 45.8 Å². The number of ether oxygens (including phenoxy) is 7. The Kier molecular flexibility index (Phi) is 24.8. The number of nitrogens with one attached hydrogen (secondary N) is 1. The van der Waals surface area contributed by atoms with E-state index in [9.17, 15) is 39.4 Å². The van der Waals surface area contributed by atoms with E-state index in [0.29, 0.717) is 0 Å². The lowest BCUT2D eigenvalue weighted by atomic mass is 10.1. The molecule has 1 amide bonds. The van der Waals surface area contributed by atoms with Crippen molar-refractivity contribution in [2.24, 2.45) is 5.73 Å². The minimum absolute atomic E-state index is 0.0417. The van der Waals surface area contributed by atoms with Crippen LogP contribution in [0.25, 0.3) is 0 Å². The van der Waals surface area contributed by atoms with Gasteiger partial charge in [-0.15, -0.1) is 0 Å². The quantitative estimate of drug-likeness (QED) is 0.0921. The molecule has 0 aromatic heterocycles. The number of benzene rings is 2. The predicted octanol–water partition coefficient (Wildman–Crippen LogP) is 9.22. The summed E-state index contributed by atoms with van der Waals surface area (Å²) in [5.74, 6) is -0.824. The molecule has 0 radical (unpaired) electrons. The normalized spacial score (nSPS) is 13.5. The van der Waals surface area contributed by atoms with Gasteiger partial charge in [0, 0.05) is 43.0 Å². The van der Waals surface area contributed by atoms with Gasteiger partial charge in [0.1, 0.15) is 28.7 Å². The van der Waals surface area contributed by atoms with Crippen molar-refractivity contribution in [2.75, 3.05) is 7.11 Å². The largest absolute Gasteiger partial charge is 0.459 e. The molecule has 2 unspecified atom stereocenters. The van der Waals surface area contributed by atoms with E-state index in [1.807, 2.05) is 83.1 Å². The number of hydrogen-bond donors (Lipinski definition) is 2. The topological polar surface area (TPSA) is 257 Å². The van der Waals surface area contributed by atoms with Crippen molar-refractivity contribution >= 4 is 46.4 Å². The van der Waals surface area contributed by atoms with Crippen LogP contribution in [0.15, 0.2) is 48.5 Å². The number of rotatable bonds is 11. The molecule has 19 nitrogen and oxygen atoms in total. The summed E-state index contributed by atoms with van der Waals surface area (Å²) in [4.78, 5) is 66.5. The molecule has 2 aromatic carbocycles. The van der Waals surface area contributed by atoms with Gasteiger partial charge in [0.05, 0.1) is 38.9 Å². The van der Waals surface area contributed by atoms with E-state index in [2.05, 4.69) is 10.1 Å². The van der Waals surface area contributed by atoms with Crippen LogP contribution >= 0.6 is 11.6 Å². The number of halogens is 1. The molecule has 0 spiro atoms. The van der Waals surface area contributed by atoms with Crippen LogP contribution in [-0.4, -0.2) is 92.7 Å². The lowest BCUT2D eigenvalue weighted by Crippen LogP contribution is -2.53. The highest BCUT2D eigenvalue weighted by Gasteiger charge is 2.35. The minimum atomic E-state index is -1.11. The number of hydrogen-bond acceptors (Lipinski definition) is 16. The van der Waals surface area contributed by atoms with Gasteiger partial charge in [-0.2, -0.15) is 0 Å². The van der Waals surface area contributed by atoms with Gasteiger partial charge < -0.3 is 44.2 Å². The zero-order valence-electron chi connectivity index (χ0n) is 39.9. The van der Waals surface area contributed by atoms with Crippen molar-refractivity contribution in [3.05, 3.63) is 68.8 Å². The van der Waals surface area contributed by atoms with Gasteiger partial charge in [0.25, 0.3) is 11.4 Å². The maximum absolute atomic E-state index is 12.5. The smallest absolute Gasteiger partial charge is 0.413 e. The van der Waals surface area contributed by atoms with Gasteiger partial charge in [0.15, 0.2) is 6.04 Å². The van der Waals surface area contributed by atoms with Crippen LogP contribution in [-0.2, 0) is 33.3 Å². The first-order chi connectivity index (χ1) is 28.3. The Morgan fingerprint density at radius 2 is 0.921 bits per heavy atom. The molecule has 63 heavy (non-hydrogen) atoms. The van der Waals surface area contributed by atoms with Gasteiger partial charge in [-0.3, -0.25) is 25.0 Å². The van der Waals surface area contributed by atoms with Crippen LogP contribution in [0.4, 0.5) is 21.0 Å². The van der Waals surface area contributed by atoms with Gasteiger partial charge in [-0.25, -0.2) is 14.4 Å². The van der Waals surface area contributed by atoms with E-state index in [1.54, 1.807) is 41.7 Å². The highest BCUT2D eigenvalue weighted by Crippen LogP contribution is 2.21. The zero-order chi connectivity index (χ0) is 49.9. The Labute approximate surface area is 376 Å². The highest BCUT2D eigenvalue weighted by atomic mass is 35.5. The van der Waals surface area contributed by atoms with E-state index in [1.165, 1.54) is 48.5 Å². The zero-order valence-corrected chi connectivity index (χ0v) is 40.7. The van der Waals surface area contributed by atoms with Crippen LogP contribution in [0.3, 0.4) is 0 Å². The number of nitro groups is 2. The van der Waals surface area contributed by atoms with Crippen molar-refractivity contribution in [1.82, 2.24) is 5.32 Å². The highest BCUT2D eigenvalue weighted by molar-refractivity contribution is 6.61. The van der Waals surface area contributed by atoms with Gasteiger partial charge >= 0.3 is 23.5 Å². The molecule has 20 heteroatoms. The van der Waals surface area contributed by atoms with Crippen LogP contribution in [0.5, 0.6) is 11.5 Å². The van der Waals surface area contributed by atoms with Crippen molar-refractivity contribution in [2.45, 2.75) is 170 Å². The summed E-state index contributed by atoms with van der Waals surface area (Å²) in [5.41, 5.74) is 2.49. The summed E-state index contributed by atoms with van der Waals surface area (Å²) < 4.78 is 36.4. The molecule has 3 N–H and O–H groups in total. The summed E-state index contributed by atoms with van der Waals surface area (Å²) in [7, 11) is 1.71. The summed E-state index contributed by atoms with van der Waals surface area (Å²) in [6.45, 7) is 31.3. The maximum Gasteiger partial charge on any atom is 0.413 e. The molecular weight excluding hydrogens is 848 g/mol. The van der Waals surface area contributed by atoms with Crippen molar-refractivity contribution in [3.63, 3.8) is 0 Å². The molecule has 2 rings (SSSR count). The number of carbonyl (C=O) groups excluding carboxylic acids is 4. The molecule has 0 fully saturated rings. The first-order valence-corrected chi connectivity index (χ1v) is 20.1. The molecule has 0 saturated carbocycles. The van der Waals surface area contributed by atoms with Crippen molar-refractivity contribution in [1.29, 1.82) is 0 Å². The molecule has 0 bridgehead atoms. The molecule has 0 aliphatic carbocycles. The average molecular weight is 917 g/mol. The SMILES string of the molecule is CC(OC(C)(C)C)[C@H](N)C(=O)OC(C)(C)C.CC(OC(C)(C)C)[C@H](NC(=O)Oc1ccc([N+](=O)[O-])cc1)C(=O)OC(C)(C)C.COC(C)(C)C.O=C(Cl)Oc1ccc([N+](=O)[O-])cc1. The van der Waals surface area contributed by atoms with Crippen molar-refractivity contribution in [3.8, 4) is 11.5 Å². The lowest BCUT2D eigenvalue weighted by molar-refractivity contribution is -0.385. The Morgan fingerprint density at radius 3 is 1.22 bits per heavy atom. The number of nitrogens with zero attached hydrogens (tertiary/aromatic N) is 2. The average Bonchev–Trinajstić information content (AvgIpc) is 3.08. The summed E-state index contributed by atoms with van der Waals surface area (Å²) in [6.07, 6.45) is -1.97. The van der Waals surface area contributed by atoms with E-state index in [-0.39, 0.29) is 40.2 Å². The number of methoxy groups -OCH3 is 1. The molecule has 0 heterocycles. The third-order valence-corrected chi connectivity index (χ3v) is 6.86. The van der Waals surface area contributed by atoms with Gasteiger partial charge in [-0.05, 0) is 142 Å². The maximum atomic E-state index is 12.5. The Bertz CT molecular complexity index is 1760. The van der Waals surface area contributed by atoms with E-state index >= 15 is 0 Å². The van der Waals surface area contributed by atoms with E-state index < -0.39 is 68.3 Å². The number of nitrogens with two attached hydrogens (primary N) is 1. The standard InChI is InChI=1S/C19H28N2O7.C12H25NO3.C7H4ClNO4.C5H12O/c1-12(27-18(2,3)4)15(16(22)28-19(5,6)7)20-17(23)26-14-10-8-13(9-11-14)21(24)25;1-8(15-11(2,3)4)9(13)10(14)16-12(5,6)7;8-7(10)13-6-3-1-5(2-4-6)9(11)12;1-5(2,3)6-4/h8-12,15H,1-7H3,(H,20,23);8-9H,13H2,1-7H3;1-4H;1-4H3/t12?,15-;8?,9-;;/m00../s1. The molecule has 0 aliphatic rings. The number of non-ortho nitro benzene ring substituents is 2. The second kappa shape index (κ2) is 26.0. The minimum Gasteiger partial charge on any atom is -0.459 e. The number of amides is 1. The summed E-state index contributed by atoms with van der Waals surface area (Å²) >= 11 is 4.92. The van der Waals surface area contributed by atoms with Crippen LogP contribution < -0.4 is 20.5 Å². The second-order valence-corrected chi connectivity index (χ2v) is 18.9. The third-order valence-electron chi connectivity index (χ3n) is 6.78. The summed E-state index contributed by atoms with van der Waals surface area (Å²) in [6, 6.07) is 8.15. The first kappa shape index (κ1) is 60.1. The molecule has 0 aliphatic heterocycles. The number of esters is 2. The van der Waals surface area contributed by atoms with Crippen molar-refractivity contribution < 1.29 is 62.2 Å². The Hall–Kier alpha value is -4.95. The monoisotopic (exact) mass is 916 g/mol. The third kappa shape index (κ3) is 31.5. The fourth-order valence-electron chi connectivity index (χ4n) is 4.18. The molecule has 358 valence electrons. The fourth-order valence-corrected chi connectivity index (χ4v) is 4.27. The fraction of sp³-hybridized carbons (Fsp3) is 0.628. The molecule has 2 aromatic rings. The number of nitro benzene ring substituents is 2. The van der Waals surface area contributed by atoms with Crippen LogP contribution in [0.2, 0.25) is 0 Å². The molecule has 0 saturated heterocycles. The summed E-state index contributed by atoms with van der Waals surface area (Å²) in [5, 5.41) is 23.3. The first-order valence-electron chi connectivity index (χ1n) is 19.7. The molecular formula is C43H69ClN4O15. The lowest BCUT2D eigenvalue weighted by Gasteiger charge is -2.31. The molecule has 4 atom stereocenters.